The van der Waals surface area contributed by atoms with E-state index in [9.17, 15) is 4.39 Å². The molecule has 92 valence electrons. The summed E-state index contributed by atoms with van der Waals surface area (Å²) in [4.78, 5) is 0. The summed E-state index contributed by atoms with van der Waals surface area (Å²) in [7, 11) is 0. The van der Waals surface area contributed by atoms with Gasteiger partial charge in [0.2, 0.25) is 0 Å². The molecule has 0 fully saturated rings. The number of fused-ring (bicyclic) bond motifs is 1. The Balaban J connectivity index is 2.30. The van der Waals surface area contributed by atoms with Gasteiger partial charge >= 0.3 is 0 Å². The Bertz CT molecular complexity index is 605. The van der Waals surface area contributed by atoms with E-state index in [4.69, 9.17) is 27.9 Å². The molecular formula is C14H9Cl2FO. The average molecular weight is 283 g/mol. The first kappa shape index (κ1) is 11.8. The van der Waals surface area contributed by atoms with E-state index in [1.165, 1.54) is 12.1 Å². The summed E-state index contributed by atoms with van der Waals surface area (Å²) >= 11 is 12.3. The monoisotopic (exact) mass is 282 g/mol. The standard InChI is InChI=1S/C14H9Cl2FO/c15-11-2-1-3-12(16)13(11)10-7-9(17)6-8-4-5-18-14(8)10/h1-3,6-7H,4-5H2. The Labute approximate surface area is 114 Å². The molecule has 3 rings (SSSR count). The fourth-order valence-electron chi connectivity index (χ4n) is 2.21. The smallest absolute Gasteiger partial charge is 0.130 e. The lowest BCUT2D eigenvalue weighted by molar-refractivity contribution is 0.358. The molecule has 1 aliphatic rings. The fourth-order valence-corrected chi connectivity index (χ4v) is 2.81. The summed E-state index contributed by atoms with van der Waals surface area (Å²) in [6, 6.07) is 8.13. The van der Waals surface area contributed by atoms with Gasteiger partial charge in [-0.05, 0) is 24.3 Å². The molecule has 0 aromatic heterocycles. The molecule has 0 saturated carbocycles. The van der Waals surface area contributed by atoms with Crippen LogP contribution in [0.5, 0.6) is 5.75 Å². The minimum Gasteiger partial charge on any atom is -0.492 e. The topological polar surface area (TPSA) is 9.23 Å². The first-order valence-corrected chi connectivity index (χ1v) is 6.32. The van der Waals surface area contributed by atoms with E-state index in [2.05, 4.69) is 0 Å². The van der Waals surface area contributed by atoms with E-state index in [0.717, 1.165) is 5.56 Å². The number of hydrogen-bond donors (Lipinski definition) is 0. The Kier molecular flexibility index (Phi) is 2.92. The van der Waals surface area contributed by atoms with Crippen molar-refractivity contribution in [1.29, 1.82) is 0 Å². The van der Waals surface area contributed by atoms with Crippen LogP contribution in [-0.2, 0) is 6.42 Å². The molecule has 18 heavy (non-hydrogen) atoms. The van der Waals surface area contributed by atoms with Gasteiger partial charge in [-0.25, -0.2) is 4.39 Å². The highest BCUT2D eigenvalue weighted by atomic mass is 35.5. The molecule has 0 N–H and O–H groups in total. The van der Waals surface area contributed by atoms with Crippen LogP contribution in [0.15, 0.2) is 30.3 Å². The quantitative estimate of drug-likeness (QED) is 0.734. The van der Waals surface area contributed by atoms with Crippen molar-refractivity contribution in [1.82, 2.24) is 0 Å². The van der Waals surface area contributed by atoms with Crippen LogP contribution in [0.3, 0.4) is 0 Å². The summed E-state index contributed by atoms with van der Waals surface area (Å²) in [5.41, 5.74) is 2.11. The van der Waals surface area contributed by atoms with Crippen molar-refractivity contribution in [2.45, 2.75) is 6.42 Å². The molecule has 0 unspecified atom stereocenters. The summed E-state index contributed by atoms with van der Waals surface area (Å²) in [6.07, 6.45) is 0.710. The molecule has 0 radical (unpaired) electrons. The van der Waals surface area contributed by atoms with Crippen molar-refractivity contribution in [3.05, 3.63) is 51.8 Å². The van der Waals surface area contributed by atoms with Crippen molar-refractivity contribution in [2.24, 2.45) is 0 Å². The first-order valence-electron chi connectivity index (χ1n) is 5.56. The molecule has 2 aromatic rings. The predicted molar refractivity (Wildman–Crippen MR) is 71.1 cm³/mol. The lowest BCUT2D eigenvalue weighted by atomic mass is 10.0. The molecular weight excluding hydrogens is 274 g/mol. The van der Waals surface area contributed by atoms with Gasteiger partial charge in [0, 0.05) is 23.1 Å². The first-order chi connectivity index (χ1) is 8.66. The van der Waals surface area contributed by atoms with Crippen LogP contribution in [0.4, 0.5) is 4.39 Å². The largest absolute Gasteiger partial charge is 0.492 e. The molecule has 0 spiro atoms. The van der Waals surface area contributed by atoms with Crippen LogP contribution in [0.2, 0.25) is 10.0 Å². The van der Waals surface area contributed by atoms with Crippen molar-refractivity contribution in [2.75, 3.05) is 6.61 Å². The third-order valence-electron chi connectivity index (χ3n) is 2.98. The number of ether oxygens (including phenoxy) is 1. The highest BCUT2D eigenvalue weighted by Gasteiger charge is 2.21. The second-order valence-electron chi connectivity index (χ2n) is 4.14. The third-order valence-corrected chi connectivity index (χ3v) is 3.61. The summed E-state index contributed by atoms with van der Waals surface area (Å²) in [5.74, 6) is 0.386. The zero-order valence-electron chi connectivity index (χ0n) is 9.34. The lowest BCUT2D eigenvalue weighted by Gasteiger charge is -2.11. The number of rotatable bonds is 1. The maximum atomic E-state index is 13.6. The normalized spacial score (nSPS) is 13.3. The van der Waals surface area contributed by atoms with Gasteiger partial charge in [0.15, 0.2) is 0 Å². The van der Waals surface area contributed by atoms with E-state index >= 15 is 0 Å². The highest BCUT2D eigenvalue weighted by Crippen LogP contribution is 2.43. The minimum absolute atomic E-state index is 0.301. The molecule has 0 saturated heterocycles. The van der Waals surface area contributed by atoms with Gasteiger partial charge in [-0.15, -0.1) is 0 Å². The van der Waals surface area contributed by atoms with Gasteiger partial charge in [0.1, 0.15) is 11.6 Å². The maximum Gasteiger partial charge on any atom is 0.130 e. The van der Waals surface area contributed by atoms with Gasteiger partial charge in [-0.2, -0.15) is 0 Å². The van der Waals surface area contributed by atoms with E-state index in [1.807, 2.05) is 0 Å². The molecule has 2 aromatic carbocycles. The third kappa shape index (κ3) is 1.86. The Morgan fingerprint density at radius 2 is 1.83 bits per heavy atom. The minimum atomic E-state index is -0.301. The van der Waals surface area contributed by atoms with Crippen LogP contribution < -0.4 is 4.74 Å². The average Bonchev–Trinajstić information content (AvgIpc) is 2.76. The molecule has 0 atom stereocenters. The Morgan fingerprint density at radius 3 is 2.56 bits per heavy atom. The van der Waals surface area contributed by atoms with Crippen molar-refractivity contribution in [3.63, 3.8) is 0 Å². The lowest BCUT2D eigenvalue weighted by Crippen LogP contribution is -1.91. The van der Waals surface area contributed by atoms with E-state index < -0.39 is 0 Å². The van der Waals surface area contributed by atoms with Gasteiger partial charge < -0.3 is 4.74 Å². The van der Waals surface area contributed by atoms with Gasteiger partial charge in [0.05, 0.1) is 16.7 Å². The molecule has 1 aliphatic heterocycles. The SMILES string of the molecule is Fc1cc2c(c(-c3c(Cl)cccc3Cl)c1)OCC2. The molecule has 1 heterocycles. The number of hydrogen-bond acceptors (Lipinski definition) is 1. The van der Waals surface area contributed by atoms with Crippen LogP contribution in [-0.4, -0.2) is 6.61 Å². The van der Waals surface area contributed by atoms with Crippen molar-refractivity contribution < 1.29 is 9.13 Å². The second kappa shape index (κ2) is 4.45. The highest BCUT2D eigenvalue weighted by molar-refractivity contribution is 6.39. The Morgan fingerprint density at radius 1 is 1.11 bits per heavy atom. The van der Waals surface area contributed by atoms with Gasteiger partial charge in [-0.1, -0.05) is 29.3 Å². The molecule has 0 amide bonds. The van der Waals surface area contributed by atoms with E-state index in [0.29, 0.717) is 39.9 Å². The van der Waals surface area contributed by atoms with Crippen LogP contribution in [0.25, 0.3) is 11.1 Å². The molecule has 1 nitrogen and oxygen atoms in total. The summed E-state index contributed by atoms with van der Waals surface area (Å²) in [5, 5.41) is 0.983. The van der Waals surface area contributed by atoms with Crippen LogP contribution in [0.1, 0.15) is 5.56 Å². The van der Waals surface area contributed by atoms with Crippen molar-refractivity contribution in [3.8, 4) is 16.9 Å². The number of benzene rings is 2. The van der Waals surface area contributed by atoms with Crippen LogP contribution in [0, 0.1) is 5.82 Å². The molecule has 4 heteroatoms. The zero-order chi connectivity index (χ0) is 12.7. The van der Waals surface area contributed by atoms with E-state index in [-0.39, 0.29) is 5.82 Å². The zero-order valence-corrected chi connectivity index (χ0v) is 10.9. The molecule has 0 bridgehead atoms. The van der Waals surface area contributed by atoms with Gasteiger partial charge in [0.25, 0.3) is 0 Å². The van der Waals surface area contributed by atoms with Gasteiger partial charge in [-0.3, -0.25) is 0 Å². The summed E-state index contributed by atoms with van der Waals surface area (Å²) < 4.78 is 19.2. The summed E-state index contributed by atoms with van der Waals surface area (Å²) in [6.45, 7) is 0.563. The Hall–Kier alpha value is -1.25. The van der Waals surface area contributed by atoms with Crippen molar-refractivity contribution >= 4 is 23.2 Å². The predicted octanol–water partition coefficient (Wildman–Crippen LogP) is 4.73. The molecule has 0 aliphatic carbocycles. The fraction of sp³-hybridized carbons (Fsp3) is 0.143. The number of halogens is 3. The second-order valence-corrected chi connectivity index (χ2v) is 4.95. The maximum absolute atomic E-state index is 13.6. The van der Waals surface area contributed by atoms with Crippen LogP contribution >= 0.6 is 23.2 Å². The van der Waals surface area contributed by atoms with E-state index in [1.54, 1.807) is 18.2 Å².